The van der Waals surface area contributed by atoms with Crippen LogP contribution in [0.15, 0.2) is 53.9 Å². The van der Waals surface area contributed by atoms with Crippen LogP contribution in [-0.4, -0.2) is 43.7 Å². The molecule has 2 aromatic carbocycles. The van der Waals surface area contributed by atoms with E-state index in [1.807, 2.05) is 30.3 Å². The normalized spacial score (nSPS) is 16.1. The molecule has 0 saturated carbocycles. The van der Waals surface area contributed by atoms with E-state index in [1.54, 1.807) is 19.2 Å². The predicted octanol–water partition coefficient (Wildman–Crippen LogP) is 4.15. The molecule has 2 aromatic rings. The number of rotatable bonds is 6. The Kier molecular flexibility index (Phi) is 7.28. The third-order valence-corrected chi connectivity index (χ3v) is 7.15. The minimum Gasteiger partial charge on any atom is -0.341 e. The zero-order valence-electron chi connectivity index (χ0n) is 16.7. The third-order valence-electron chi connectivity index (χ3n) is 5.23. The second kappa shape index (κ2) is 9.73. The summed E-state index contributed by atoms with van der Waals surface area (Å²) in [6, 6.07) is 13.6. The molecular weight excluding hydrogens is 427 g/mol. The standard InChI is InChI=1S/C22H24ClFN2O3S/c1-25(16-19-20(23)8-5-9-21(19)24)22(27)18-10-13-26(14-11-18)30(28,29)15-12-17-6-3-2-4-7-17/h2-9,12,15,18H,10-11,13-14,16H2,1H3/b15-12+. The first-order chi connectivity index (χ1) is 14.3. The molecule has 0 radical (unpaired) electrons. The number of amides is 1. The first-order valence-corrected chi connectivity index (χ1v) is 11.6. The smallest absolute Gasteiger partial charge is 0.236 e. The van der Waals surface area contributed by atoms with Crippen molar-refractivity contribution in [3.05, 3.63) is 75.9 Å². The molecule has 3 rings (SSSR count). The highest BCUT2D eigenvalue weighted by Crippen LogP contribution is 2.25. The Morgan fingerprint density at radius 3 is 2.47 bits per heavy atom. The van der Waals surface area contributed by atoms with Crippen molar-refractivity contribution in [2.24, 2.45) is 5.92 Å². The summed E-state index contributed by atoms with van der Waals surface area (Å²) in [6.45, 7) is 0.612. The van der Waals surface area contributed by atoms with Crippen molar-refractivity contribution in [2.45, 2.75) is 19.4 Å². The quantitative estimate of drug-likeness (QED) is 0.664. The summed E-state index contributed by atoms with van der Waals surface area (Å²) in [5.74, 6) is -0.885. The Bertz CT molecular complexity index is 1000. The molecule has 5 nitrogen and oxygen atoms in total. The predicted molar refractivity (Wildman–Crippen MR) is 117 cm³/mol. The average Bonchev–Trinajstić information content (AvgIpc) is 2.75. The largest absolute Gasteiger partial charge is 0.341 e. The topological polar surface area (TPSA) is 57.7 Å². The summed E-state index contributed by atoms with van der Waals surface area (Å²) in [7, 11) is -1.94. The van der Waals surface area contributed by atoms with Gasteiger partial charge in [-0.2, -0.15) is 4.31 Å². The van der Waals surface area contributed by atoms with Crippen LogP contribution in [-0.2, 0) is 21.4 Å². The van der Waals surface area contributed by atoms with Gasteiger partial charge < -0.3 is 4.90 Å². The minimum absolute atomic E-state index is 0.0721. The van der Waals surface area contributed by atoms with Crippen molar-refractivity contribution in [1.29, 1.82) is 0 Å². The van der Waals surface area contributed by atoms with Gasteiger partial charge in [-0.1, -0.05) is 48.0 Å². The number of hydrogen-bond donors (Lipinski definition) is 0. The first-order valence-electron chi connectivity index (χ1n) is 9.69. The van der Waals surface area contributed by atoms with Gasteiger partial charge in [0, 0.05) is 48.6 Å². The molecule has 0 spiro atoms. The molecule has 0 N–H and O–H groups in total. The first kappa shape index (κ1) is 22.5. The van der Waals surface area contributed by atoms with E-state index in [9.17, 15) is 17.6 Å². The summed E-state index contributed by atoms with van der Waals surface area (Å²) in [4.78, 5) is 14.2. The number of carbonyl (C=O) groups excluding carboxylic acids is 1. The molecule has 1 heterocycles. The molecule has 1 saturated heterocycles. The van der Waals surface area contributed by atoms with Crippen molar-refractivity contribution < 1.29 is 17.6 Å². The molecule has 0 aliphatic carbocycles. The van der Waals surface area contributed by atoms with Crippen LogP contribution in [0.1, 0.15) is 24.0 Å². The Morgan fingerprint density at radius 1 is 1.17 bits per heavy atom. The number of hydrogen-bond acceptors (Lipinski definition) is 3. The SMILES string of the molecule is CN(Cc1c(F)cccc1Cl)C(=O)C1CCN(S(=O)(=O)/C=C/c2ccccc2)CC1. The van der Waals surface area contributed by atoms with E-state index in [-0.39, 0.29) is 42.0 Å². The number of piperidine rings is 1. The van der Waals surface area contributed by atoms with Crippen LogP contribution in [0.3, 0.4) is 0 Å². The highest BCUT2D eigenvalue weighted by atomic mass is 35.5. The second-order valence-electron chi connectivity index (χ2n) is 7.33. The van der Waals surface area contributed by atoms with E-state index in [0.717, 1.165) is 5.56 Å². The Balaban J connectivity index is 1.58. The van der Waals surface area contributed by atoms with Gasteiger partial charge in [0.15, 0.2) is 0 Å². The van der Waals surface area contributed by atoms with Crippen molar-refractivity contribution in [2.75, 3.05) is 20.1 Å². The number of halogens is 2. The lowest BCUT2D eigenvalue weighted by Gasteiger charge is -2.32. The molecule has 1 aliphatic heterocycles. The van der Waals surface area contributed by atoms with Gasteiger partial charge in [-0.15, -0.1) is 0 Å². The molecule has 1 amide bonds. The highest BCUT2D eigenvalue weighted by molar-refractivity contribution is 7.92. The summed E-state index contributed by atoms with van der Waals surface area (Å²) in [5.41, 5.74) is 1.08. The van der Waals surface area contributed by atoms with E-state index >= 15 is 0 Å². The van der Waals surface area contributed by atoms with Gasteiger partial charge in [-0.25, -0.2) is 12.8 Å². The van der Waals surface area contributed by atoms with Gasteiger partial charge >= 0.3 is 0 Å². The zero-order valence-corrected chi connectivity index (χ0v) is 18.2. The summed E-state index contributed by atoms with van der Waals surface area (Å²) < 4.78 is 40.5. The molecule has 8 heteroatoms. The second-order valence-corrected chi connectivity index (χ2v) is 9.55. The third kappa shape index (κ3) is 5.47. The van der Waals surface area contributed by atoms with Crippen molar-refractivity contribution in [3.8, 4) is 0 Å². The van der Waals surface area contributed by atoms with Crippen molar-refractivity contribution in [3.63, 3.8) is 0 Å². The Morgan fingerprint density at radius 2 is 1.83 bits per heavy atom. The van der Waals surface area contributed by atoms with Gasteiger partial charge in [0.1, 0.15) is 5.82 Å². The van der Waals surface area contributed by atoms with Gasteiger partial charge in [-0.05, 0) is 36.6 Å². The maximum Gasteiger partial charge on any atom is 0.236 e. The lowest BCUT2D eigenvalue weighted by atomic mass is 9.96. The Hall–Kier alpha value is -2.22. The molecule has 0 bridgehead atoms. The van der Waals surface area contributed by atoms with E-state index < -0.39 is 15.8 Å². The Labute approximate surface area is 181 Å². The monoisotopic (exact) mass is 450 g/mol. The number of carbonyl (C=O) groups is 1. The van der Waals surface area contributed by atoms with Gasteiger partial charge in [-0.3, -0.25) is 4.79 Å². The van der Waals surface area contributed by atoms with E-state index in [2.05, 4.69) is 0 Å². The average molecular weight is 451 g/mol. The van der Waals surface area contributed by atoms with Crippen LogP contribution < -0.4 is 0 Å². The summed E-state index contributed by atoms with van der Waals surface area (Å²) in [6.07, 6.45) is 2.41. The van der Waals surface area contributed by atoms with E-state index in [1.165, 1.54) is 26.7 Å². The lowest BCUT2D eigenvalue weighted by Crippen LogP contribution is -2.42. The van der Waals surface area contributed by atoms with Crippen molar-refractivity contribution in [1.82, 2.24) is 9.21 Å². The van der Waals surface area contributed by atoms with Crippen LogP contribution in [0.5, 0.6) is 0 Å². The minimum atomic E-state index is -3.55. The fourth-order valence-electron chi connectivity index (χ4n) is 3.48. The molecule has 0 atom stereocenters. The molecular formula is C22H24ClFN2O3S. The maximum atomic E-state index is 14.0. The van der Waals surface area contributed by atoms with Crippen LogP contribution >= 0.6 is 11.6 Å². The van der Waals surface area contributed by atoms with Gasteiger partial charge in [0.05, 0.1) is 0 Å². The molecule has 30 heavy (non-hydrogen) atoms. The summed E-state index contributed by atoms with van der Waals surface area (Å²) in [5, 5.41) is 1.48. The number of nitrogens with zero attached hydrogens (tertiary/aromatic N) is 2. The zero-order chi connectivity index (χ0) is 21.7. The van der Waals surface area contributed by atoms with Crippen molar-refractivity contribution >= 4 is 33.6 Å². The van der Waals surface area contributed by atoms with E-state index in [4.69, 9.17) is 11.6 Å². The number of benzene rings is 2. The lowest BCUT2D eigenvalue weighted by molar-refractivity contribution is -0.135. The molecule has 0 aromatic heterocycles. The highest BCUT2D eigenvalue weighted by Gasteiger charge is 2.31. The molecule has 1 aliphatic rings. The fraction of sp³-hybridized carbons (Fsp3) is 0.318. The molecule has 0 unspecified atom stereocenters. The maximum absolute atomic E-state index is 14.0. The van der Waals surface area contributed by atoms with Gasteiger partial charge in [0.25, 0.3) is 0 Å². The fourth-order valence-corrected chi connectivity index (χ4v) is 4.93. The van der Waals surface area contributed by atoms with Crippen LogP contribution in [0.25, 0.3) is 6.08 Å². The molecule has 1 fully saturated rings. The van der Waals surface area contributed by atoms with E-state index in [0.29, 0.717) is 12.8 Å². The van der Waals surface area contributed by atoms with Gasteiger partial charge in [0.2, 0.25) is 15.9 Å². The summed E-state index contributed by atoms with van der Waals surface area (Å²) >= 11 is 6.05. The number of sulfonamides is 1. The van der Waals surface area contributed by atoms with Crippen LogP contribution in [0.2, 0.25) is 5.02 Å². The van der Waals surface area contributed by atoms with Crippen LogP contribution in [0.4, 0.5) is 4.39 Å². The van der Waals surface area contributed by atoms with Crippen LogP contribution in [0, 0.1) is 11.7 Å². The molecule has 160 valence electrons.